The van der Waals surface area contributed by atoms with Crippen molar-refractivity contribution in [1.82, 2.24) is 0 Å². The van der Waals surface area contributed by atoms with E-state index in [2.05, 4.69) is 5.32 Å². The third kappa shape index (κ3) is 4.61. The van der Waals surface area contributed by atoms with E-state index in [0.717, 1.165) is 5.56 Å². The predicted molar refractivity (Wildman–Crippen MR) is 90.3 cm³/mol. The van der Waals surface area contributed by atoms with Crippen LogP contribution in [0.4, 0.5) is 5.69 Å². The quantitative estimate of drug-likeness (QED) is 0.864. The van der Waals surface area contributed by atoms with E-state index in [9.17, 15) is 9.59 Å². The normalized spacial score (nSPS) is 10.2. The Kier molecular flexibility index (Phi) is 5.47. The van der Waals surface area contributed by atoms with Crippen LogP contribution in [0.5, 0.6) is 5.75 Å². The number of rotatable bonds is 5. The van der Waals surface area contributed by atoms with Crippen LogP contribution >= 0.6 is 23.2 Å². The second-order valence-corrected chi connectivity index (χ2v) is 5.65. The number of benzene rings is 2. The zero-order valence-corrected chi connectivity index (χ0v) is 13.7. The maximum absolute atomic E-state index is 11.9. The number of primary amides is 1. The van der Waals surface area contributed by atoms with Crippen LogP contribution in [0.25, 0.3) is 0 Å². The minimum Gasteiger partial charge on any atom is -0.483 e. The fraction of sp³-hybridized carbons (Fsp3) is 0.125. The van der Waals surface area contributed by atoms with Crippen molar-refractivity contribution in [2.24, 2.45) is 5.73 Å². The Hall–Kier alpha value is -2.24. The van der Waals surface area contributed by atoms with Crippen LogP contribution < -0.4 is 15.8 Å². The van der Waals surface area contributed by atoms with Gasteiger partial charge in [0, 0.05) is 10.7 Å². The van der Waals surface area contributed by atoms with Crippen molar-refractivity contribution in [3.8, 4) is 5.75 Å². The predicted octanol–water partition coefficient (Wildman–Crippen LogP) is 3.42. The van der Waals surface area contributed by atoms with Crippen molar-refractivity contribution < 1.29 is 14.3 Å². The minimum absolute atomic E-state index is 0.138. The molecule has 0 saturated heterocycles. The Labute approximate surface area is 143 Å². The van der Waals surface area contributed by atoms with Gasteiger partial charge in [-0.05, 0) is 48.9 Å². The van der Waals surface area contributed by atoms with E-state index in [0.29, 0.717) is 16.5 Å². The summed E-state index contributed by atoms with van der Waals surface area (Å²) in [6, 6.07) is 9.59. The van der Waals surface area contributed by atoms with Gasteiger partial charge in [0.15, 0.2) is 6.61 Å². The van der Waals surface area contributed by atoms with Crippen molar-refractivity contribution >= 4 is 40.7 Å². The molecule has 2 aromatic carbocycles. The first kappa shape index (κ1) is 17.1. The Morgan fingerprint density at radius 2 is 1.91 bits per heavy atom. The molecule has 0 aliphatic rings. The molecule has 0 atom stereocenters. The lowest BCUT2D eigenvalue weighted by Gasteiger charge is -2.10. The molecule has 0 aliphatic carbocycles. The van der Waals surface area contributed by atoms with Gasteiger partial charge < -0.3 is 15.8 Å². The average Bonchev–Trinajstić information content (AvgIpc) is 2.48. The molecule has 0 aliphatic heterocycles. The van der Waals surface area contributed by atoms with Crippen LogP contribution in [0.2, 0.25) is 10.0 Å². The maximum atomic E-state index is 11.9. The van der Waals surface area contributed by atoms with E-state index >= 15 is 0 Å². The van der Waals surface area contributed by atoms with Gasteiger partial charge in [-0.15, -0.1) is 0 Å². The smallest absolute Gasteiger partial charge is 0.262 e. The topological polar surface area (TPSA) is 81.4 Å². The number of aryl methyl sites for hydroxylation is 1. The number of halogens is 2. The number of carbonyl (C=O) groups excluding carboxylic acids is 2. The molecular formula is C16H14Cl2N2O3. The lowest BCUT2D eigenvalue weighted by molar-refractivity contribution is -0.118. The standard InChI is InChI=1S/C16H14Cl2N2O3/c1-9-6-10(17)2-5-14(9)23-8-15(21)20-11-3-4-13(18)12(7-11)16(19)22/h2-7H,8H2,1H3,(H2,19,22)(H,20,21). The summed E-state index contributed by atoms with van der Waals surface area (Å²) in [5.74, 6) is -0.477. The van der Waals surface area contributed by atoms with Gasteiger partial charge in [0.1, 0.15) is 5.75 Å². The van der Waals surface area contributed by atoms with Crippen molar-refractivity contribution in [3.05, 3.63) is 57.6 Å². The van der Waals surface area contributed by atoms with Crippen LogP contribution in [0.1, 0.15) is 15.9 Å². The van der Waals surface area contributed by atoms with Gasteiger partial charge in [-0.1, -0.05) is 23.2 Å². The number of nitrogens with two attached hydrogens (primary N) is 1. The van der Waals surface area contributed by atoms with Crippen LogP contribution in [0, 0.1) is 6.92 Å². The van der Waals surface area contributed by atoms with Crippen LogP contribution in [-0.4, -0.2) is 18.4 Å². The van der Waals surface area contributed by atoms with E-state index in [-0.39, 0.29) is 23.1 Å². The summed E-state index contributed by atoms with van der Waals surface area (Å²) in [5.41, 5.74) is 6.58. The summed E-state index contributed by atoms with van der Waals surface area (Å²) in [4.78, 5) is 23.1. The summed E-state index contributed by atoms with van der Waals surface area (Å²) in [6.45, 7) is 1.65. The molecule has 0 aromatic heterocycles. The van der Waals surface area contributed by atoms with Gasteiger partial charge in [0.25, 0.3) is 5.91 Å². The number of nitrogens with one attached hydrogen (secondary N) is 1. The second kappa shape index (κ2) is 7.35. The Bertz CT molecular complexity index is 763. The molecule has 0 radical (unpaired) electrons. The number of hydrogen-bond acceptors (Lipinski definition) is 3. The summed E-state index contributed by atoms with van der Waals surface area (Å²) in [7, 11) is 0. The van der Waals surface area contributed by atoms with Crippen LogP contribution in [0.15, 0.2) is 36.4 Å². The largest absolute Gasteiger partial charge is 0.483 e. The van der Waals surface area contributed by atoms with Crippen molar-refractivity contribution in [1.29, 1.82) is 0 Å². The van der Waals surface area contributed by atoms with E-state index in [1.165, 1.54) is 12.1 Å². The van der Waals surface area contributed by atoms with E-state index < -0.39 is 5.91 Å². The van der Waals surface area contributed by atoms with Gasteiger partial charge in [0.05, 0.1) is 10.6 Å². The first-order valence-electron chi connectivity index (χ1n) is 6.65. The molecule has 5 nitrogen and oxygen atoms in total. The fourth-order valence-electron chi connectivity index (χ4n) is 1.91. The second-order valence-electron chi connectivity index (χ2n) is 4.81. The number of anilines is 1. The van der Waals surface area contributed by atoms with Gasteiger partial charge in [-0.3, -0.25) is 9.59 Å². The number of hydrogen-bond donors (Lipinski definition) is 2. The summed E-state index contributed by atoms with van der Waals surface area (Å²) < 4.78 is 5.44. The van der Waals surface area contributed by atoms with Gasteiger partial charge in [0.2, 0.25) is 5.91 Å². The van der Waals surface area contributed by atoms with Crippen molar-refractivity contribution in [3.63, 3.8) is 0 Å². The molecular weight excluding hydrogens is 339 g/mol. The first-order chi connectivity index (χ1) is 10.9. The zero-order valence-electron chi connectivity index (χ0n) is 12.2. The number of ether oxygens (including phenoxy) is 1. The van der Waals surface area contributed by atoms with E-state index in [1.54, 1.807) is 24.3 Å². The molecule has 0 bridgehead atoms. The molecule has 120 valence electrons. The molecule has 2 aromatic rings. The van der Waals surface area contributed by atoms with Crippen molar-refractivity contribution in [2.45, 2.75) is 6.92 Å². The SMILES string of the molecule is Cc1cc(Cl)ccc1OCC(=O)Nc1ccc(Cl)c(C(N)=O)c1. The molecule has 2 rings (SSSR count). The molecule has 3 N–H and O–H groups in total. The summed E-state index contributed by atoms with van der Waals surface area (Å²) >= 11 is 11.7. The molecule has 2 amide bonds. The molecule has 23 heavy (non-hydrogen) atoms. The highest BCUT2D eigenvalue weighted by Crippen LogP contribution is 2.22. The molecule has 0 fully saturated rings. The fourth-order valence-corrected chi connectivity index (χ4v) is 2.34. The number of amides is 2. The highest BCUT2D eigenvalue weighted by atomic mass is 35.5. The zero-order chi connectivity index (χ0) is 17.0. The monoisotopic (exact) mass is 352 g/mol. The third-order valence-electron chi connectivity index (χ3n) is 3.01. The van der Waals surface area contributed by atoms with Gasteiger partial charge in [-0.2, -0.15) is 0 Å². The average molecular weight is 353 g/mol. The number of carbonyl (C=O) groups is 2. The molecule has 7 heteroatoms. The minimum atomic E-state index is -0.667. The van der Waals surface area contributed by atoms with E-state index in [4.69, 9.17) is 33.7 Å². The maximum Gasteiger partial charge on any atom is 0.262 e. The molecule has 0 unspecified atom stereocenters. The molecule has 0 saturated carbocycles. The lowest BCUT2D eigenvalue weighted by Crippen LogP contribution is -2.21. The summed E-state index contributed by atoms with van der Waals surface area (Å²) in [6.07, 6.45) is 0. The highest BCUT2D eigenvalue weighted by molar-refractivity contribution is 6.34. The van der Waals surface area contributed by atoms with Crippen molar-refractivity contribution in [2.75, 3.05) is 11.9 Å². The van der Waals surface area contributed by atoms with Gasteiger partial charge in [-0.25, -0.2) is 0 Å². The third-order valence-corrected chi connectivity index (χ3v) is 3.58. The molecule has 0 spiro atoms. The van der Waals surface area contributed by atoms with Crippen LogP contribution in [-0.2, 0) is 4.79 Å². The van der Waals surface area contributed by atoms with Gasteiger partial charge >= 0.3 is 0 Å². The van der Waals surface area contributed by atoms with Crippen LogP contribution in [0.3, 0.4) is 0 Å². The summed E-state index contributed by atoms with van der Waals surface area (Å²) in [5, 5.41) is 3.43. The first-order valence-corrected chi connectivity index (χ1v) is 7.40. The lowest BCUT2D eigenvalue weighted by atomic mass is 10.2. The molecule has 0 heterocycles. The highest BCUT2D eigenvalue weighted by Gasteiger charge is 2.10. The Morgan fingerprint density at radius 1 is 1.17 bits per heavy atom. The Balaban J connectivity index is 2.00. The Morgan fingerprint density at radius 3 is 2.57 bits per heavy atom. The van der Waals surface area contributed by atoms with E-state index in [1.807, 2.05) is 6.92 Å².